The third-order valence-electron chi connectivity index (χ3n) is 4.44. The summed E-state index contributed by atoms with van der Waals surface area (Å²) in [6.07, 6.45) is 4.32. The topological polar surface area (TPSA) is 138 Å². The summed E-state index contributed by atoms with van der Waals surface area (Å²) < 4.78 is 11.8. The maximum Gasteiger partial charge on any atom is 0.410 e. The summed E-state index contributed by atoms with van der Waals surface area (Å²) >= 11 is 0. The lowest BCUT2D eigenvalue weighted by Crippen LogP contribution is -2.42. The van der Waals surface area contributed by atoms with Crippen LogP contribution in [0.3, 0.4) is 0 Å². The van der Waals surface area contributed by atoms with Gasteiger partial charge in [0.1, 0.15) is 17.0 Å². The molecule has 156 valence electrons. The number of piperidine rings is 1. The largest absolute Gasteiger partial charge is 0.464 e. The summed E-state index contributed by atoms with van der Waals surface area (Å²) in [6.45, 7) is 6.69. The second-order valence-corrected chi connectivity index (χ2v) is 7.76. The Morgan fingerprint density at radius 1 is 1.21 bits per heavy atom. The predicted octanol–water partition coefficient (Wildman–Crippen LogP) is 1.68. The fraction of sp³-hybridized carbons (Fsp3) is 0.556. The average molecular weight is 403 g/mol. The quantitative estimate of drug-likeness (QED) is 0.758. The molecule has 1 aliphatic heterocycles. The monoisotopic (exact) mass is 403 g/mol. The smallest absolute Gasteiger partial charge is 0.410 e. The zero-order valence-corrected chi connectivity index (χ0v) is 17.0. The number of nitrogens with zero attached hydrogens (tertiary/aromatic N) is 6. The van der Waals surface area contributed by atoms with Gasteiger partial charge in [-0.2, -0.15) is 0 Å². The molecule has 2 aromatic heterocycles. The first-order valence-corrected chi connectivity index (χ1v) is 9.29. The fourth-order valence-corrected chi connectivity index (χ4v) is 2.98. The molecule has 2 aromatic rings. The third-order valence-corrected chi connectivity index (χ3v) is 4.44. The van der Waals surface area contributed by atoms with Crippen molar-refractivity contribution in [3.05, 3.63) is 18.1 Å². The SMILES string of the molecule is COC(=O)c1nc(-c2cn(C3CCN(C(=O)OC(C)(C)C)CC3)nn2)cnc1N. The van der Waals surface area contributed by atoms with E-state index in [0.29, 0.717) is 24.5 Å². The van der Waals surface area contributed by atoms with Gasteiger partial charge < -0.3 is 20.1 Å². The summed E-state index contributed by atoms with van der Waals surface area (Å²) in [6, 6.07) is 0.0942. The van der Waals surface area contributed by atoms with Gasteiger partial charge in [0.2, 0.25) is 0 Å². The lowest BCUT2D eigenvalue weighted by molar-refractivity contribution is 0.0184. The molecule has 1 saturated heterocycles. The van der Waals surface area contributed by atoms with Crippen molar-refractivity contribution in [3.63, 3.8) is 0 Å². The number of rotatable bonds is 3. The minimum Gasteiger partial charge on any atom is -0.464 e. The Labute approximate surface area is 168 Å². The van der Waals surface area contributed by atoms with Crippen LogP contribution in [0.15, 0.2) is 12.4 Å². The maximum atomic E-state index is 12.2. The molecule has 0 atom stereocenters. The summed E-state index contributed by atoms with van der Waals surface area (Å²) in [4.78, 5) is 33.8. The average Bonchev–Trinajstić information content (AvgIpc) is 3.16. The minimum absolute atomic E-state index is 0.0116. The van der Waals surface area contributed by atoms with Crippen molar-refractivity contribution in [1.29, 1.82) is 0 Å². The Morgan fingerprint density at radius 2 is 1.90 bits per heavy atom. The first kappa shape index (κ1) is 20.5. The Balaban J connectivity index is 1.67. The van der Waals surface area contributed by atoms with Gasteiger partial charge >= 0.3 is 12.1 Å². The van der Waals surface area contributed by atoms with Crippen LogP contribution in [0.5, 0.6) is 0 Å². The number of anilines is 1. The standard InChI is InChI=1S/C18H25N7O4/c1-18(2,3)29-17(27)24-7-5-11(6-8-24)25-10-13(22-23-25)12-9-20-15(19)14(21-12)16(26)28-4/h9-11H,5-8H2,1-4H3,(H2,19,20). The molecule has 0 aromatic carbocycles. The number of amides is 1. The van der Waals surface area contributed by atoms with E-state index in [0.717, 1.165) is 12.8 Å². The van der Waals surface area contributed by atoms with E-state index in [2.05, 4.69) is 25.0 Å². The Morgan fingerprint density at radius 3 is 2.52 bits per heavy atom. The number of nitrogen functional groups attached to an aromatic ring is 1. The van der Waals surface area contributed by atoms with Crippen molar-refractivity contribution in [2.24, 2.45) is 0 Å². The molecule has 0 bridgehead atoms. The number of carbonyl (C=O) groups is 2. The van der Waals surface area contributed by atoms with Crippen LogP contribution in [-0.4, -0.2) is 67.7 Å². The number of aromatic nitrogens is 5. The van der Waals surface area contributed by atoms with E-state index in [-0.39, 0.29) is 23.6 Å². The van der Waals surface area contributed by atoms with Crippen LogP contribution in [0.25, 0.3) is 11.4 Å². The second kappa shape index (κ2) is 8.02. The molecule has 0 saturated carbocycles. The molecule has 0 aliphatic carbocycles. The zero-order valence-electron chi connectivity index (χ0n) is 17.0. The van der Waals surface area contributed by atoms with Crippen LogP contribution in [0.1, 0.15) is 50.1 Å². The van der Waals surface area contributed by atoms with Crippen molar-refractivity contribution < 1.29 is 19.1 Å². The van der Waals surface area contributed by atoms with Crippen LogP contribution in [0.2, 0.25) is 0 Å². The van der Waals surface area contributed by atoms with E-state index in [1.165, 1.54) is 13.3 Å². The molecule has 11 nitrogen and oxygen atoms in total. The van der Waals surface area contributed by atoms with E-state index in [4.69, 9.17) is 10.5 Å². The molecule has 1 amide bonds. The number of hydrogen-bond acceptors (Lipinski definition) is 9. The van der Waals surface area contributed by atoms with Crippen molar-refractivity contribution in [1.82, 2.24) is 29.9 Å². The van der Waals surface area contributed by atoms with Crippen LogP contribution in [0, 0.1) is 0 Å². The van der Waals surface area contributed by atoms with E-state index in [9.17, 15) is 9.59 Å². The van der Waals surface area contributed by atoms with Crippen LogP contribution in [0.4, 0.5) is 10.6 Å². The number of esters is 1. The molecule has 1 aliphatic rings. The third kappa shape index (κ3) is 4.79. The molecule has 0 radical (unpaired) electrons. The molecule has 2 N–H and O–H groups in total. The summed E-state index contributed by atoms with van der Waals surface area (Å²) in [5.41, 5.74) is 5.95. The van der Waals surface area contributed by atoms with Gasteiger partial charge in [-0.1, -0.05) is 5.21 Å². The van der Waals surface area contributed by atoms with Crippen molar-refractivity contribution in [3.8, 4) is 11.4 Å². The first-order chi connectivity index (χ1) is 13.7. The second-order valence-electron chi connectivity index (χ2n) is 7.76. The predicted molar refractivity (Wildman–Crippen MR) is 103 cm³/mol. The van der Waals surface area contributed by atoms with E-state index >= 15 is 0 Å². The Bertz CT molecular complexity index is 898. The molecule has 29 heavy (non-hydrogen) atoms. The molecule has 0 spiro atoms. The number of carbonyl (C=O) groups excluding carboxylic acids is 2. The Hall–Kier alpha value is -3.24. The minimum atomic E-state index is -0.668. The van der Waals surface area contributed by atoms with Gasteiger partial charge in [0.15, 0.2) is 11.5 Å². The molecular weight excluding hydrogens is 378 g/mol. The van der Waals surface area contributed by atoms with Crippen molar-refractivity contribution in [2.45, 2.75) is 45.3 Å². The number of nitrogens with two attached hydrogens (primary N) is 1. The van der Waals surface area contributed by atoms with Gasteiger partial charge in [0.25, 0.3) is 0 Å². The van der Waals surface area contributed by atoms with Gasteiger partial charge in [0.05, 0.1) is 25.5 Å². The molecule has 1 fully saturated rings. The highest BCUT2D eigenvalue weighted by Gasteiger charge is 2.28. The summed E-state index contributed by atoms with van der Waals surface area (Å²) in [5.74, 6) is -0.679. The van der Waals surface area contributed by atoms with Crippen LogP contribution >= 0.6 is 0 Å². The highest BCUT2D eigenvalue weighted by molar-refractivity contribution is 5.92. The summed E-state index contributed by atoms with van der Waals surface area (Å²) in [7, 11) is 1.25. The zero-order chi connectivity index (χ0) is 21.2. The highest BCUT2D eigenvalue weighted by Crippen LogP contribution is 2.25. The van der Waals surface area contributed by atoms with Gasteiger partial charge in [-0.05, 0) is 33.6 Å². The normalized spacial score (nSPS) is 15.2. The van der Waals surface area contributed by atoms with E-state index in [1.54, 1.807) is 15.8 Å². The van der Waals surface area contributed by atoms with E-state index in [1.807, 2.05) is 20.8 Å². The highest BCUT2D eigenvalue weighted by atomic mass is 16.6. The van der Waals surface area contributed by atoms with Gasteiger partial charge in [-0.25, -0.2) is 24.2 Å². The molecule has 0 unspecified atom stereocenters. The van der Waals surface area contributed by atoms with Gasteiger partial charge in [0, 0.05) is 13.1 Å². The van der Waals surface area contributed by atoms with E-state index < -0.39 is 11.6 Å². The molecule has 3 heterocycles. The number of methoxy groups -OCH3 is 1. The van der Waals surface area contributed by atoms with Crippen molar-refractivity contribution >= 4 is 17.9 Å². The lowest BCUT2D eigenvalue weighted by atomic mass is 10.1. The fourth-order valence-electron chi connectivity index (χ4n) is 2.98. The van der Waals surface area contributed by atoms with Gasteiger partial charge in [-0.3, -0.25) is 0 Å². The first-order valence-electron chi connectivity index (χ1n) is 9.29. The van der Waals surface area contributed by atoms with Crippen LogP contribution in [-0.2, 0) is 9.47 Å². The maximum absolute atomic E-state index is 12.2. The number of hydrogen-bond donors (Lipinski definition) is 1. The lowest BCUT2D eigenvalue weighted by Gasteiger charge is -2.33. The van der Waals surface area contributed by atoms with Gasteiger partial charge in [-0.15, -0.1) is 5.10 Å². The van der Waals surface area contributed by atoms with Crippen LogP contribution < -0.4 is 5.73 Å². The molecule has 3 rings (SSSR count). The molecule has 11 heteroatoms. The number of likely N-dealkylation sites (tertiary alicyclic amines) is 1. The summed E-state index contributed by atoms with van der Waals surface area (Å²) in [5, 5.41) is 8.31. The number of ether oxygens (including phenoxy) is 2. The molecular formula is C18H25N7O4. The van der Waals surface area contributed by atoms with Crippen molar-refractivity contribution in [2.75, 3.05) is 25.9 Å². The Kier molecular flexibility index (Phi) is 5.66.